The quantitative estimate of drug-likeness (QED) is 0.589. The summed E-state index contributed by atoms with van der Waals surface area (Å²) in [5.74, 6) is 0.468. The molecule has 0 saturated heterocycles. The second-order valence-electron chi connectivity index (χ2n) is 4.84. The first kappa shape index (κ1) is 16.6. The molecule has 1 aromatic heterocycles. The molecule has 0 aliphatic heterocycles. The van der Waals surface area contributed by atoms with E-state index in [0.717, 1.165) is 21.9 Å². The number of aromatic nitrogens is 1. The van der Waals surface area contributed by atoms with E-state index in [1.54, 1.807) is 24.3 Å². The van der Waals surface area contributed by atoms with Gasteiger partial charge in [0.25, 0.3) is 5.91 Å². The van der Waals surface area contributed by atoms with E-state index in [4.69, 9.17) is 6.42 Å². The molecule has 0 N–H and O–H groups in total. The van der Waals surface area contributed by atoms with Gasteiger partial charge in [0.2, 0.25) is 0 Å². The summed E-state index contributed by atoms with van der Waals surface area (Å²) in [6, 6.07) is 8.72. The third-order valence-electron chi connectivity index (χ3n) is 3.21. The first-order valence-corrected chi connectivity index (χ1v) is 8.37. The lowest BCUT2D eigenvalue weighted by molar-refractivity contribution is 0.0998. The van der Waals surface area contributed by atoms with Crippen molar-refractivity contribution in [1.82, 2.24) is 4.57 Å². The summed E-state index contributed by atoms with van der Waals surface area (Å²) in [5.41, 5.74) is 0.515. The fourth-order valence-electron chi connectivity index (χ4n) is 2.23. The molecule has 0 aliphatic carbocycles. The number of halogens is 3. The standard InChI is InChI=1S/C17H9BrF2N2OS/c1-2-6-22-15-13(20)8-12(19)9-14(15)24-17(22)21-16(23)10-4-3-5-11(18)7-10/h1,3-5,7-9H,6H2. The van der Waals surface area contributed by atoms with E-state index in [2.05, 4.69) is 26.8 Å². The summed E-state index contributed by atoms with van der Waals surface area (Å²) >= 11 is 4.29. The Morgan fingerprint density at radius 2 is 2.12 bits per heavy atom. The number of carbonyl (C=O) groups is 1. The molecule has 0 radical (unpaired) electrons. The Balaban J connectivity index is 2.22. The molecule has 0 atom stereocenters. The van der Waals surface area contributed by atoms with Crippen LogP contribution in [0.5, 0.6) is 0 Å². The van der Waals surface area contributed by atoms with Gasteiger partial charge in [-0.3, -0.25) is 4.79 Å². The molecule has 0 spiro atoms. The SMILES string of the molecule is C#CCn1c(=NC(=O)c2cccc(Br)c2)sc2cc(F)cc(F)c21. The van der Waals surface area contributed by atoms with Crippen molar-refractivity contribution >= 4 is 43.4 Å². The Hall–Kier alpha value is -2.30. The van der Waals surface area contributed by atoms with E-state index >= 15 is 0 Å². The molecule has 120 valence electrons. The van der Waals surface area contributed by atoms with Gasteiger partial charge >= 0.3 is 0 Å². The molecule has 3 nitrogen and oxygen atoms in total. The Labute approximate surface area is 148 Å². The van der Waals surface area contributed by atoms with E-state index < -0.39 is 17.5 Å². The molecule has 1 amide bonds. The van der Waals surface area contributed by atoms with Crippen molar-refractivity contribution < 1.29 is 13.6 Å². The molecule has 3 aromatic rings. The van der Waals surface area contributed by atoms with Crippen LogP contribution in [-0.4, -0.2) is 10.5 Å². The predicted octanol–water partition coefficient (Wildman–Crippen LogP) is 4.12. The van der Waals surface area contributed by atoms with Crippen LogP contribution in [-0.2, 0) is 6.54 Å². The Morgan fingerprint density at radius 1 is 1.33 bits per heavy atom. The number of terminal acetylenes is 1. The average molecular weight is 407 g/mol. The molecule has 0 fully saturated rings. The van der Waals surface area contributed by atoms with Crippen LogP contribution in [0.1, 0.15) is 10.4 Å². The van der Waals surface area contributed by atoms with Crippen molar-refractivity contribution in [2.75, 3.05) is 0 Å². The van der Waals surface area contributed by atoms with Crippen molar-refractivity contribution in [3.63, 3.8) is 0 Å². The number of benzene rings is 2. The number of rotatable bonds is 2. The molecule has 0 bridgehead atoms. The Bertz CT molecular complexity index is 1060. The van der Waals surface area contributed by atoms with Crippen LogP contribution >= 0.6 is 27.3 Å². The molecular weight excluding hydrogens is 398 g/mol. The lowest BCUT2D eigenvalue weighted by atomic mass is 10.2. The average Bonchev–Trinajstić information content (AvgIpc) is 2.85. The number of thiazole rings is 1. The van der Waals surface area contributed by atoms with Gasteiger partial charge in [0, 0.05) is 16.1 Å². The molecule has 2 aromatic carbocycles. The summed E-state index contributed by atoms with van der Waals surface area (Å²) in [7, 11) is 0. The maximum Gasteiger partial charge on any atom is 0.279 e. The molecule has 0 saturated carbocycles. The summed E-state index contributed by atoms with van der Waals surface area (Å²) in [6.45, 7) is 0.0210. The van der Waals surface area contributed by atoms with Crippen LogP contribution in [0.4, 0.5) is 8.78 Å². The lowest BCUT2D eigenvalue weighted by Crippen LogP contribution is -2.17. The molecule has 0 unspecified atom stereocenters. The summed E-state index contributed by atoms with van der Waals surface area (Å²) in [5, 5.41) is 0. The molecule has 0 aliphatic rings. The molecular formula is C17H9BrF2N2OS. The van der Waals surface area contributed by atoms with Gasteiger partial charge in [0.1, 0.15) is 5.82 Å². The van der Waals surface area contributed by atoms with E-state index in [-0.39, 0.29) is 16.9 Å². The molecule has 7 heteroatoms. The summed E-state index contributed by atoms with van der Waals surface area (Å²) < 4.78 is 30.0. The number of amides is 1. The highest BCUT2D eigenvalue weighted by Gasteiger charge is 2.14. The largest absolute Gasteiger partial charge is 0.302 e. The highest BCUT2D eigenvalue weighted by molar-refractivity contribution is 9.10. The van der Waals surface area contributed by atoms with Crippen molar-refractivity contribution in [2.45, 2.75) is 6.54 Å². The van der Waals surface area contributed by atoms with E-state index in [9.17, 15) is 13.6 Å². The maximum absolute atomic E-state index is 14.1. The number of hydrogen-bond donors (Lipinski definition) is 0. The Kier molecular flexibility index (Phi) is 4.60. The fraction of sp³-hybridized carbons (Fsp3) is 0.0588. The van der Waals surface area contributed by atoms with Crippen molar-refractivity contribution in [3.8, 4) is 12.3 Å². The molecule has 3 rings (SSSR count). The number of hydrogen-bond acceptors (Lipinski definition) is 2. The minimum absolute atomic E-state index is 0.0210. The Morgan fingerprint density at radius 3 is 2.83 bits per heavy atom. The molecule has 24 heavy (non-hydrogen) atoms. The van der Waals surface area contributed by atoms with Gasteiger partial charge in [0.15, 0.2) is 10.6 Å². The van der Waals surface area contributed by atoms with Crippen LogP contribution in [0.2, 0.25) is 0 Å². The minimum Gasteiger partial charge on any atom is -0.302 e. The zero-order chi connectivity index (χ0) is 17.3. The van der Waals surface area contributed by atoms with Crippen LogP contribution in [0.3, 0.4) is 0 Å². The lowest BCUT2D eigenvalue weighted by Gasteiger charge is -2.01. The van der Waals surface area contributed by atoms with Gasteiger partial charge < -0.3 is 4.57 Å². The first-order valence-electron chi connectivity index (χ1n) is 6.76. The van der Waals surface area contributed by atoms with Crippen LogP contribution < -0.4 is 4.80 Å². The number of nitrogens with zero attached hydrogens (tertiary/aromatic N) is 2. The monoisotopic (exact) mass is 406 g/mol. The van der Waals surface area contributed by atoms with Gasteiger partial charge in [-0.2, -0.15) is 4.99 Å². The van der Waals surface area contributed by atoms with Gasteiger partial charge in [-0.1, -0.05) is 39.3 Å². The van der Waals surface area contributed by atoms with Gasteiger partial charge in [0.05, 0.1) is 16.8 Å². The van der Waals surface area contributed by atoms with Crippen LogP contribution in [0.25, 0.3) is 10.2 Å². The van der Waals surface area contributed by atoms with E-state index in [0.29, 0.717) is 10.3 Å². The van der Waals surface area contributed by atoms with Crippen molar-refractivity contribution in [1.29, 1.82) is 0 Å². The molecule has 1 heterocycles. The second kappa shape index (κ2) is 6.67. The third kappa shape index (κ3) is 3.16. The zero-order valence-corrected chi connectivity index (χ0v) is 14.5. The predicted molar refractivity (Wildman–Crippen MR) is 92.6 cm³/mol. The first-order chi connectivity index (χ1) is 11.5. The zero-order valence-electron chi connectivity index (χ0n) is 12.1. The van der Waals surface area contributed by atoms with Crippen molar-refractivity contribution in [2.24, 2.45) is 4.99 Å². The minimum atomic E-state index is -0.743. The summed E-state index contributed by atoms with van der Waals surface area (Å²) in [6.07, 6.45) is 5.33. The topological polar surface area (TPSA) is 34.4 Å². The second-order valence-corrected chi connectivity index (χ2v) is 6.76. The van der Waals surface area contributed by atoms with E-state index in [1.165, 1.54) is 10.6 Å². The van der Waals surface area contributed by atoms with Gasteiger partial charge in [-0.25, -0.2) is 8.78 Å². The van der Waals surface area contributed by atoms with Crippen molar-refractivity contribution in [3.05, 3.63) is 62.9 Å². The van der Waals surface area contributed by atoms with Crippen LogP contribution in [0.15, 0.2) is 45.9 Å². The third-order valence-corrected chi connectivity index (χ3v) is 4.73. The van der Waals surface area contributed by atoms with Crippen LogP contribution in [0, 0.1) is 24.0 Å². The maximum atomic E-state index is 14.1. The van der Waals surface area contributed by atoms with E-state index in [1.807, 2.05) is 0 Å². The normalized spacial score (nSPS) is 11.7. The smallest absolute Gasteiger partial charge is 0.279 e. The highest BCUT2D eigenvalue weighted by Crippen LogP contribution is 2.22. The number of fused-ring (bicyclic) bond motifs is 1. The number of carbonyl (C=O) groups excluding carboxylic acids is 1. The van der Waals surface area contributed by atoms with Gasteiger partial charge in [-0.15, -0.1) is 6.42 Å². The van der Waals surface area contributed by atoms with Gasteiger partial charge in [-0.05, 0) is 24.3 Å². The highest BCUT2D eigenvalue weighted by atomic mass is 79.9. The summed E-state index contributed by atoms with van der Waals surface area (Å²) in [4.78, 5) is 16.6. The fourth-order valence-corrected chi connectivity index (χ4v) is 3.69.